The Morgan fingerprint density at radius 2 is 1.50 bits per heavy atom. The summed E-state index contributed by atoms with van der Waals surface area (Å²) in [4.78, 5) is 0. The zero-order valence-corrected chi connectivity index (χ0v) is 9.36. The van der Waals surface area contributed by atoms with Crippen LogP contribution in [0.1, 0.15) is 24.3 Å². The molecule has 0 N–H and O–H groups in total. The Kier molecular flexibility index (Phi) is 5.28. The van der Waals surface area contributed by atoms with Gasteiger partial charge in [-0.25, -0.2) is 4.39 Å². The molecule has 0 atom stereocenters. The zero-order chi connectivity index (χ0) is 10.4. The van der Waals surface area contributed by atoms with Crippen molar-refractivity contribution in [3.63, 3.8) is 0 Å². The van der Waals surface area contributed by atoms with Crippen molar-refractivity contribution in [1.82, 2.24) is 0 Å². The van der Waals surface area contributed by atoms with E-state index in [4.69, 9.17) is 23.2 Å². The van der Waals surface area contributed by atoms with E-state index < -0.39 is 0 Å². The van der Waals surface area contributed by atoms with Crippen molar-refractivity contribution in [3.8, 4) is 0 Å². The van der Waals surface area contributed by atoms with Crippen LogP contribution in [0.15, 0.2) is 24.3 Å². The summed E-state index contributed by atoms with van der Waals surface area (Å²) >= 11 is 11.4. The molecule has 3 heteroatoms. The van der Waals surface area contributed by atoms with Gasteiger partial charge in [-0.3, -0.25) is 0 Å². The minimum absolute atomic E-state index is 0.204. The minimum atomic E-state index is -0.204. The second-order valence-corrected chi connectivity index (χ2v) is 3.96. The summed E-state index contributed by atoms with van der Waals surface area (Å²) in [5, 5.41) is 0. The molecule has 0 spiro atoms. The highest BCUT2D eigenvalue weighted by Gasteiger charge is 2.09. The first-order valence-corrected chi connectivity index (χ1v) is 5.72. The molecule has 78 valence electrons. The van der Waals surface area contributed by atoms with Gasteiger partial charge >= 0.3 is 0 Å². The highest BCUT2D eigenvalue weighted by molar-refractivity contribution is 6.18. The molecule has 0 aromatic heterocycles. The summed E-state index contributed by atoms with van der Waals surface area (Å²) in [6, 6.07) is 6.56. The Morgan fingerprint density at radius 1 is 1.00 bits per heavy atom. The maximum atomic E-state index is 12.7. The van der Waals surface area contributed by atoms with Crippen LogP contribution in [0.3, 0.4) is 0 Å². The molecule has 1 aromatic rings. The Bertz CT molecular complexity index is 252. The van der Waals surface area contributed by atoms with E-state index in [-0.39, 0.29) is 5.82 Å². The summed E-state index contributed by atoms with van der Waals surface area (Å²) in [6.07, 6.45) is 1.78. The van der Waals surface area contributed by atoms with Crippen molar-refractivity contribution in [3.05, 3.63) is 35.6 Å². The lowest BCUT2D eigenvalue weighted by Crippen LogP contribution is -2.00. The molecule has 1 rings (SSSR count). The van der Waals surface area contributed by atoms with Crippen LogP contribution in [0.2, 0.25) is 0 Å². The van der Waals surface area contributed by atoms with E-state index in [2.05, 4.69) is 0 Å². The molecular formula is C11H13Cl2F. The average molecular weight is 235 g/mol. The van der Waals surface area contributed by atoms with Crippen LogP contribution in [-0.2, 0) is 0 Å². The first kappa shape index (κ1) is 11.8. The lowest BCUT2D eigenvalue weighted by molar-refractivity contribution is 0.618. The highest BCUT2D eigenvalue weighted by atomic mass is 35.5. The van der Waals surface area contributed by atoms with Crippen molar-refractivity contribution in [1.29, 1.82) is 0 Å². The number of alkyl halides is 2. The van der Waals surface area contributed by atoms with Gasteiger partial charge in [-0.05, 0) is 36.5 Å². The van der Waals surface area contributed by atoms with Gasteiger partial charge in [0, 0.05) is 11.8 Å². The molecule has 0 nitrogen and oxygen atoms in total. The maximum Gasteiger partial charge on any atom is 0.123 e. The molecule has 0 heterocycles. The summed E-state index contributed by atoms with van der Waals surface area (Å²) < 4.78 is 12.7. The van der Waals surface area contributed by atoms with Gasteiger partial charge in [-0.15, -0.1) is 23.2 Å². The zero-order valence-electron chi connectivity index (χ0n) is 7.85. The van der Waals surface area contributed by atoms with Gasteiger partial charge in [-0.2, -0.15) is 0 Å². The van der Waals surface area contributed by atoms with Crippen LogP contribution in [0.4, 0.5) is 4.39 Å². The van der Waals surface area contributed by atoms with Crippen LogP contribution in [-0.4, -0.2) is 11.8 Å². The van der Waals surface area contributed by atoms with E-state index in [1.807, 2.05) is 0 Å². The van der Waals surface area contributed by atoms with Crippen molar-refractivity contribution in [2.45, 2.75) is 18.8 Å². The van der Waals surface area contributed by atoms with Gasteiger partial charge in [0.1, 0.15) is 5.82 Å². The third-order valence-electron chi connectivity index (χ3n) is 2.26. The topological polar surface area (TPSA) is 0 Å². The predicted octanol–water partition coefficient (Wildman–Crippen LogP) is 4.17. The fourth-order valence-corrected chi connectivity index (χ4v) is 2.00. The second kappa shape index (κ2) is 6.26. The molecule has 0 aliphatic carbocycles. The van der Waals surface area contributed by atoms with Crippen LogP contribution >= 0.6 is 23.2 Å². The Labute approximate surface area is 94.0 Å². The molecule has 1 aromatic carbocycles. The fraction of sp³-hybridized carbons (Fsp3) is 0.455. The van der Waals surface area contributed by atoms with Crippen molar-refractivity contribution in [2.24, 2.45) is 0 Å². The smallest absolute Gasteiger partial charge is 0.123 e. The summed E-state index contributed by atoms with van der Waals surface area (Å²) in [6.45, 7) is 0. The second-order valence-electron chi connectivity index (χ2n) is 3.20. The Morgan fingerprint density at radius 3 is 1.93 bits per heavy atom. The van der Waals surface area contributed by atoms with E-state index in [1.54, 1.807) is 12.1 Å². The van der Waals surface area contributed by atoms with Gasteiger partial charge in [0.15, 0.2) is 0 Å². The maximum absolute atomic E-state index is 12.7. The van der Waals surface area contributed by atoms with E-state index in [0.29, 0.717) is 17.7 Å². The van der Waals surface area contributed by atoms with E-state index in [9.17, 15) is 4.39 Å². The molecule has 0 unspecified atom stereocenters. The fourth-order valence-electron chi connectivity index (χ4n) is 1.48. The standard InChI is InChI=1S/C11H13Cl2F/c12-7-5-10(6-8-13)9-1-3-11(14)4-2-9/h1-4,10H,5-8H2. The number of halogens is 3. The molecule has 0 fully saturated rings. The van der Waals surface area contributed by atoms with Gasteiger partial charge in [-0.1, -0.05) is 12.1 Å². The molecule has 0 radical (unpaired) electrons. The predicted molar refractivity (Wildman–Crippen MR) is 59.8 cm³/mol. The number of hydrogen-bond acceptors (Lipinski definition) is 0. The van der Waals surface area contributed by atoms with Crippen LogP contribution < -0.4 is 0 Å². The normalized spacial score (nSPS) is 10.9. The summed E-state index contributed by atoms with van der Waals surface area (Å²) in [7, 11) is 0. The van der Waals surface area contributed by atoms with Gasteiger partial charge in [0.05, 0.1) is 0 Å². The molecule has 0 saturated heterocycles. The summed E-state index contributed by atoms with van der Waals surface area (Å²) in [5.41, 5.74) is 1.12. The van der Waals surface area contributed by atoms with Crippen LogP contribution in [0, 0.1) is 5.82 Å². The SMILES string of the molecule is Fc1ccc(C(CCCl)CCCl)cc1. The number of rotatable bonds is 5. The Balaban J connectivity index is 2.71. The molecular weight excluding hydrogens is 222 g/mol. The number of benzene rings is 1. The molecule has 0 aliphatic rings. The third-order valence-corrected chi connectivity index (χ3v) is 2.69. The molecule has 0 amide bonds. The van der Waals surface area contributed by atoms with Gasteiger partial charge in [0.25, 0.3) is 0 Å². The quantitative estimate of drug-likeness (QED) is 0.672. The third kappa shape index (κ3) is 3.47. The van der Waals surface area contributed by atoms with Crippen molar-refractivity contribution < 1.29 is 4.39 Å². The van der Waals surface area contributed by atoms with Crippen molar-refractivity contribution in [2.75, 3.05) is 11.8 Å². The van der Waals surface area contributed by atoms with E-state index >= 15 is 0 Å². The van der Waals surface area contributed by atoms with Gasteiger partial charge in [0.2, 0.25) is 0 Å². The largest absolute Gasteiger partial charge is 0.207 e. The lowest BCUT2D eigenvalue weighted by Gasteiger charge is -2.14. The molecule has 0 aliphatic heterocycles. The monoisotopic (exact) mass is 234 g/mol. The van der Waals surface area contributed by atoms with E-state index in [1.165, 1.54) is 12.1 Å². The van der Waals surface area contributed by atoms with E-state index in [0.717, 1.165) is 18.4 Å². The molecule has 0 bridgehead atoms. The molecule has 14 heavy (non-hydrogen) atoms. The van der Waals surface area contributed by atoms with Crippen LogP contribution in [0.25, 0.3) is 0 Å². The van der Waals surface area contributed by atoms with Gasteiger partial charge < -0.3 is 0 Å². The average Bonchev–Trinajstić information content (AvgIpc) is 2.19. The van der Waals surface area contributed by atoms with Crippen molar-refractivity contribution >= 4 is 23.2 Å². The van der Waals surface area contributed by atoms with Crippen LogP contribution in [0.5, 0.6) is 0 Å². The highest BCUT2D eigenvalue weighted by Crippen LogP contribution is 2.24. The minimum Gasteiger partial charge on any atom is -0.207 e. The first-order valence-electron chi connectivity index (χ1n) is 4.65. The molecule has 0 saturated carbocycles. The lowest BCUT2D eigenvalue weighted by atomic mass is 9.94. The number of hydrogen-bond donors (Lipinski definition) is 0. The summed E-state index contributed by atoms with van der Waals surface area (Å²) in [5.74, 6) is 1.37. The Hall–Kier alpha value is -0.270. The first-order chi connectivity index (χ1) is 6.77.